The quantitative estimate of drug-likeness (QED) is 0.494. The van der Waals surface area contributed by atoms with Gasteiger partial charge in [0.25, 0.3) is 0 Å². The highest BCUT2D eigenvalue weighted by molar-refractivity contribution is 7.11. The highest BCUT2D eigenvalue weighted by Gasteiger charge is 1.94. The number of carbonyl (C=O) groups excluding carboxylic acids is 1. The van der Waals surface area contributed by atoms with Gasteiger partial charge in [0.1, 0.15) is 0 Å². The number of nitrogens with one attached hydrogen (secondary N) is 1. The maximum Gasteiger partial charge on any atom is 0.328 e. The molecule has 0 aliphatic rings. The second-order valence-corrected chi connectivity index (χ2v) is 4.39. The molecule has 0 radical (unpaired) electrons. The Labute approximate surface area is 109 Å². The molecule has 5 heteroatoms. The largest absolute Gasteiger partial charge is 0.478 e. The average Bonchev–Trinajstić information content (AvgIpc) is 2.73. The van der Waals surface area contributed by atoms with E-state index in [1.165, 1.54) is 24.3 Å². The van der Waals surface area contributed by atoms with E-state index >= 15 is 0 Å². The van der Waals surface area contributed by atoms with E-state index in [0.717, 1.165) is 16.5 Å². The Morgan fingerprint density at radius 2 is 2.33 bits per heavy atom. The van der Waals surface area contributed by atoms with E-state index in [9.17, 15) is 9.59 Å². The molecule has 1 rings (SSSR count). The monoisotopic (exact) mass is 263 g/mol. The SMILES string of the molecule is CC(=O)NCCC#Cc1csc(/C=C/C(=O)O)c1. The number of hydrogen-bond acceptors (Lipinski definition) is 3. The summed E-state index contributed by atoms with van der Waals surface area (Å²) in [6.07, 6.45) is 3.23. The van der Waals surface area contributed by atoms with Crippen molar-refractivity contribution in [1.29, 1.82) is 0 Å². The predicted molar refractivity (Wildman–Crippen MR) is 71.2 cm³/mol. The van der Waals surface area contributed by atoms with E-state index < -0.39 is 5.97 Å². The lowest BCUT2D eigenvalue weighted by atomic mass is 10.3. The first-order chi connectivity index (χ1) is 8.58. The number of hydrogen-bond donors (Lipinski definition) is 2. The zero-order valence-electron chi connectivity index (χ0n) is 9.90. The summed E-state index contributed by atoms with van der Waals surface area (Å²) in [7, 11) is 0. The van der Waals surface area contributed by atoms with E-state index in [0.29, 0.717) is 13.0 Å². The molecule has 1 heterocycles. The van der Waals surface area contributed by atoms with E-state index in [2.05, 4.69) is 17.2 Å². The van der Waals surface area contributed by atoms with Gasteiger partial charge in [0, 0.05) is 41.8 Å². The molecule has 0 aromatic carbocycles. The van der Waals surface area contributed by atoms with Crippen molar-refractivity contribution >= 4 is 29.3 Å². The molecule has 4 nitrogen and oxygen atoms in total. The topological polar surface area (TPSA) is 66.4 Å². The lowest BCUT2D eigenvalue weighted by Gasteiger charge is -1.94. The third kappa shape index (κ3) is 5.87. The molecule has 1 aromatic heterocycles. The molecule has 0 aliphatic carbocycles. The van der Waals surface area contributed by atoms with Crippen LogP contribution in [0.4, 0.5) is 0 Å². The minimum atomic E-state index is -0.966. The summed E-state index contributed by atoms with van der Waals surface area (Å²) in [5.41, 5.74) is 0.855. The Bertz CT molecular complexity index is 520. The summed E-state index contributed by atoms with van der Waals surface area (Å²) in [5, 5.41) is 13.0. The number of carboxylic acid groups (broad SMARTS) is 1. The minimum absolute atomic E-state index is 0.0616. The van der Waals surface area contributed by atoms with Gasteiger partial charge in [-0.3, -0.25) is 4.79 Å². The summed E-state index contributed by atoms with van der Waals surface area (Å²) >= 11 is 1.44. The van der Waals surface area contributed by atoms with E-state index in [1.54, 1.807) is 0 Å². The van der Waals surface area contributed by atoms with Gasteiger partial charge in [0.15, 0.2) is 0 Å². The van der Waals surface area contributed by atoms with Gasteiger partial charge in [-0.2, -0.15) is 0 Å². The summed E-state index contributed by atoms with van der Waals surface area (Å²) in [6.45, 7) is 2.01. The molecule has 1 aromatic rings. The minimum Gasteiger partial charge on any atom is -0.478 e. The van der Waals surface area contributed by atoms with Gasteiger partial charge in [0.05, 0.1) is 0 Å². The number of amides is 1. The summed E-state index contributed by atoms with van der Waals surface area (Å²) < 4.78 is 0. The van der Waals surface area contributed by atoms with Gasteiger partial charge >= 0.3 is 5.97 Å². The molecule has 0 spiro atoms. The van der Waals surface area contributed by atoms with Crippen LogP contribution in [0.1, 0.15) is 23.8 Å². The number of thiophene rings is 1. The first-order valence-corrected chi connectivity index (χ1v) is 6.19. The number of rotatable bonds is 4. The van der Waals surface area contributed by atoms with Crippen LogP contribution in [0.5, 0.6) is 0 Å². The van der Waals surface area contributed by atoms with E-state index in [1.807, 2.05) is 11.4 Å². The molecule has 2 N–H and O–H groups in total. The zero-order chi connectivity index (χ0) is 13.4. The molecule has 0 saturated carbocycles. The highest BCUT2D eigenvalue weighted by Crippen LogP contribution is 2.15. The van der Waals surface area contributed by atoms with Crippen molar-refractivity contribution < 1.29 is 14.7 Å². The Morgan fingerprint density at radius 3 is 3.00 bits per heavy atom. The van der Waals surface area contributed by atoms with Crippen LogP contribution >= 0.6 is 11.3 Å². The molecule has 18 heavy (non-hydrogen) atoms. The molecular formula is C13H13NO3S. The van der Waals surface area contributed by atoms with Crippen LogP contribution in [-0.2, 0) is 9.59 Å². The summed E-state index contributed by atoms with van der Waals surface area (Å²) in [5.74, 6) is 4.86. The molecule has 0 unspecified atom stereocenters. The van der Waals surface area contributed by atoms with Gasteiger partial charge in [-0.15, -0.1) is 11.3 Å². The Hall–Kier alpha value is -2.06. The van der Waals surface area contributed by atoms with Crippen molar-refractivity contribution in [3.63, 3.8) is 0 Å². The first kappa shape index (κ1) is 14.0. The molecule has 0 atom stereocenters. The second-order valence-electron chi connectivity index (χ2n) is 3.44. The van der Waals surface area contributed by atoms with Crippen LogP contribution in [0.3, 0.4) is 0 Å². The van der Waals surface area contributed by atoms with Crippen LogP contribution in [0.25, 0.3) is 6.08 Å². The maximum absolute atomic E-state index is 10.6. The van der Waals surface area contributed by atoms with Crippen LogP contribution in [-0.4, -0.2) is 23.5 Å². The lowest BCUT2D eigenvalue weighted by molar-refractivity contribution is -0.131. The second kappa shape index (κ2) is 7.30. The van der Waals surface area contributed by atoms with Gasteiger partial charge in [0.2, 0.25) is 5.91 Å². The maximum atomic E-state index is 10.6. The van der Waals surface area contributed by atoms with Crippen LogP contribution in [0.2, 0.25) is 0 Å². The van der Waals surface area contributed by atoms with Crippen LogP contribution in [0.15, 0.2) is 17.5 Å². The first-order valence-electron chi connectivity index (χ1n) is 5.31. The van der Waals surface area contributed by atoms with Gasteiger partial charge in [-0.1, -0.05) is 11.8 Å². The molecule has 0 aliphatic heterocycles. The number of carbonyl (C=O) groups is 2. The number of carboxylic acids is 1. The van der Waals surface area contributed by atoms with Crippen molar-refractivity contribution in [1.82, 2.24) is 5.32 Å². The van der Waals surface area contributed by atoms with Crippen LogP contribution < -0.4 is 5.32 Å². The highest BCUT2D eigenvalue weighted by atomic mass is 32.1. The fraction of sp³-hybridized carbons (Fsp3) is 0.231. The molecular weight excluding hydrogens is 250 g/mol. The van der Waals surface area contributed by atoms with Crippen LogP contribution in [0, 0.1) is 11.8 Å². The fourth-order valence-electron chi connectivity index (χ4n) is 1.12. The smallest absolute Gasteiger partial charge is 0.328 e. The Kier molecular flexibility index (Phi) is 5.68. The zero-order valence-corrected chi connectivity index (χ0v) is 10.7. The van der Waals surface area contributed by atoms with E-state index in [-0.39, 0.29) is 5.91 Å². The molecule has 0 saturated heterocycles. The standard InChI is InChI=1S/C13H13NO3S/c1-10(15)14-7-3-2-4-11-8-12(18-9-11)5-6-13(16)17/h5-6,8-9H,3,7H2,1H3,(H,14,15)(H,16,17)/b6-5+. The molecule has 0 fully saturated rings. The summed E-state index contributed by atoms with van der Waals surface area (Å²) in [6, 6.07) is 1.83. The Morgan fingerprint density at radius 1 is 1.56 bits per heavy atom. The average molecular weight is 263 g/mol. The molecule has 0 bridgehead atoms. The van der Waals surface area contributed by atoms with Crippen molar-refractivity contribution in [2.75, 3.05) is 6.54 Å². The van der Waals surface area contributed by atoms with Crippen molar-refractivity contribution in [2.45, 2.75) is 13.3 Å². The van der Waals surface area contributed by atoms with Gasteiger partial charge in [-0.05, 0) is 12.1 Å². The normalized spacial score (nSPS) is 9.83. The summed E-state index contributed by atoms with van der Waals surface area (Å²) in [4.78, 5) is 21.8. The predicted octanol–water partition coefficient (Wildman–Crippen LogP) is 1.72. The molecule has 94 valence electrons. The van der Waals surface area contributed by atoms with Crippen molar-refractivity contribution in [3.05, 3.63) is 28.0 Å². The van der Waals surface area contributed by atoms with Gasteiger partial charge in [-0.25, -0.2) is 4.79 Å². The third-order valence-electron chi connectivity index (χ3n) is 1.87. The third-order valence-corrected chi connectivity index (χ3v) is 2.76. The fourth-order valence-corrected chi connectivity index (χ4v) is 1.86. The lowest BCUT2D eigenvalue weighted by Crippen LogP contribution is -2.20. The van der Waals surface area contributed by atoms with Crippen molar-refractivity contribution in [3.8, 4) is 11.8 Å². The van der Waals surface area contributed by atoms with Crippen molar-refractivity contribution in [2.24, 2.45) is 0 Å². The van der Waals surface area contributed by atoms with E-state index in [4.69, 9.17) is 5.11 Å². The Balaban J connectivity index is 2.46. The molecule has 1 amide bonds. The van der Waals surface area contributed by atoms with Gasteiger partial charge < -0.3 is 10.4 Å². The number of aliphatic carboxylic acids is 1.